The molecule has 6 nitrogen and oxygen atoms in total. The summed E-state index contributed by atoms with van der Waals surface area (Å²) >= 11 is 0. The SMILES string of the molecule is CS(=O)(Cc1ccc(C(F)(F)F)nc1)=N/C(N)=N/O. The molecular formula is C9H11F3N4O2S. The van der Waals surface area contributed by atoms with Gasteiger partial charge in [0.15, 0.2) is 0 Å². The maximum Gasteiger partial charge on any atom is 0.433 e. The summed E-state index contributed by atoms with van der Waals surface area (Å²) in [6, 6.07) is 1.94. The lowest BCUT2D eigenvalue weighted by molar-refractivity contribution is -0.141. The standard InChI is InChI=1S/C9H11F3N4O2S/c1-19(18,16-8(13)15-17)5-6-2-3-7(14-4-6)9(10,11)12/h2-4,17H,5H2,1H3,(H2,13,15). The van der Waals surface area contributed by atoms with Crippen LogP contribution in [-0.2, 0) is 21.7 Å². The van der Waals surface area contributed by atoms with Gasteiger partial charge in [0.1, 0.15) is 5.69 Å². The molecule has 0 saturated heterocycles. The van der Waals surface area contributed by atoms with Crippen LogP contribution in [0.15, 0.2) is 27.8 Å². The third kappa shape index (κ3) is 4.73. The minimum absolute atomic E-state index is 0.158. The fraction of sp³-hybridized carbons (Fsp3) is 0.333. The van der Waals surface area contributed by atoms with Crippen molar-refractivity contribution in [1.29, 1.82) is 0 Å². The highest BCUT2D eigenvalue weighted by molar-refractivity contribution is 7.92. The first kappa shape index (κ1) is 15.2. The minimum Gasteiger partial charge on any atom is -0.408 e. The Balaban J connectivity index is 2.96. The zero-order chi connectivity index (χ0) is 14.7. The van der Waals surface area contributed by atoms with E-state index in [0.717, 1.165) is 18.3 Å². The number of aromatic nitrogens is 1. The Hall–Kier alpha value is -1.84. The molecule has 0 amide bonds. The topological polar surface area (TPSA) is 101 Å². The van der Waals surface area contributed by atoms with Crippen molar-refractivity contribution in [3.05, 3.63) is 29.6 Å². The van der Waals surface area contributed by atoms with Crippen LogP contribution in [0.2, 0.25) is 0 Å². The summed E-state index contributed by atoms with van der Waals surface area (Å²) in [5.41, 5.74) is 4.35. The molecule has 0 fully saturated rings. The minimum atomic E-state index is -4.52. The number of hydrogen-bond donors (Lipinski definition) is 2. The molecule has 1 atom stereocenters. The summed E-state index contributed by atoms with van der Waals surface area (Å²) in [6.07, 6.45) is -2.32. The fourth-order valence-electron chi connectivity index (χ4n) is 1.24. The Morgan fingerprint density at radius 1 is 1.53 bits per heavy atom. The summed E-state index contributed by atoms with van der Waals surface area (Å²) in [7, 11) is -2.86. The number of oxime groups is 1. The third-order valence-electron chi connectivity index (χ3n) is 1.94. The fourth-order valence-corrected chi connectivity index (χ4v) is 2.52. The molecule has 0 radical (unpaired) electrons. The Morgan fingerprint density at radius 2 is 2.16 bits per heavy atom. The van der Waals surface area contributed by atoms with E-state index >= 15 is 0 Å². The van der Waals surface area contributed by atoms with E-state index < -0.39 is 27.6 Å². The van der Waals surface area contributed by atoms with Crippen LogP contribution in [0.1, 0.15) is 11.3 Å². The molecule has 0 saturated carbocycles. The van der Waals surface area contributed by atoms with Crippen LogP contribution in [0.25, 0.3) is 0 Å². The molecule has 19 heavy (non-hydrogen) atoms. The van der Waals surface area contributed by atoms with Crippen molar-refractivity contribution >= 4 is 15.7 Å². The molecule has 0 aliphatic carbocycles. The Labute approximate surface area is 107 Å². The third-order valence-corrected chi connectivity index (χ3v) is 3.38. The van der Waals surface area contributed by atoms with Gasteiger partial charge in [-0.15, -0.1) is 0 Å². The molecular weight excluding hydrogens is 285 g/mol. The van der Waals surface area contributed by atoms with Crippen molar-refractivity contribution in [1.82, 2.24) is 4.98 Å². The number of alkyl halides is 3. The highest BCUT2D eigenvalue weighted by Gasteiger charge is 2.32. The molecule has 0 aromatic carbocycles. The van der Waals surface area contributed by atoms with Gasteiger partial charge in [-0.2, -0.15) is 17.5 Å². The lowest BCUT2D eigenvalue weighted by Crippen LogP contribution is -2.13. The molecule has 1 rings (SSSR count). The van der Waals surface area contributed by atoms with Gasteiger partial charge in [0.2, 0.25) is 0 Å². The lowest BCUT2D eigenvalue weighted by atomic mass is 10.3. The smallest absolute Gasteiger partial charge is 0.408 e. The van der Waals surface area contributed by atoms with Crippen LogP contribution in [0.5, 0.6) is 0 Å². The molecule has 0 aliphatic heterocycles. The van der Waals surface area contributed by atoms with Gasteiger partial charge in [-0.25, -0.2) is 4.21 Å². The van der Waals surface area contributed by atoms with E-state index in [1.165, 1.54) is 6.26 Å². The average Bonchev–Trinajstić information content (AvgIpc) is 2.27. The first-order valence-corrected chi connectivity index (χ1v) is 6.93. The van der Waals surface area contributed by atoms with Gasteiger partial charge in [-0.05, 0) is 16.8 Å². The van der Waals surface area contributed by atoms with E-state index in [9.17, 15) is 17.4 Å². The first-order chi connectivity index (χ1) is 8.64. The summed E-state index contributed by atoms with van der Waals surface area (Å²) in [5.74, 6) is -0.721. The number of halogens is 3. The molecule has 0 aliphatic rings. The molecule has 106 valence electrons. The number of nitrogens with zero attached hydrogens (tertiary/aromatic N) is 3. The number of rotatable bonds is 2. The molecule has 1 aromatic rings. The Kier molecular flexibility index (Phi) is 4.35. The summed E-state index contributed by atoms with van der Waals surface area (Å²) < 4.78 is 52.2. The highest BCUT2D eigenvalue weighted by atomic mass is 32.2. The van der Waals surface area contributed by atoms with E-state index in [0.29, 0.717) is 5.56 Å². The molecule has 1 heterocycles. The predicted molar refractivity (Wildman–Crippen MR) is 62.8 cm³/mol. The van der Waals surface area contributed by atoms with Gasteiger partial charge in [0.25, 0.3) is 5.96 Å². The number of hydrogen-bond acceptors (Lipinski definition) is 4. The van der Waals surface area contributed by atoms with Gasteiger partial charge >= 0.3 is 6.18 Å². The largest absolute Gasteiger partial charge is 0.433 e. The normalized spacial score (nSPS) is 15.9. The zero-order valence-corrected chi connectivity index (χ0v) is 10.6. The van der Waals surface area contributed by atoms with Crippen LogP contribution in [-0.4, -0.2) is 26.6 Å². The number of guanidine groups is 1. The van der Waals surface area contributed by atoms with Crippen molar-refractivity contribution in [2.24, 2.45) is 15.3 Å². The quantitative estimate of drug-likeness (QED) is 0.373. The molecule has 10 heteroatoms. The lowest BCUT2D eigenvalue weighted by Gasteiger charge is -2.07. The Morgan fingerprint density at radius 3 is 2.58 bits per heavy atom. The molecule has 3 N–H and O–H groups in total. The zero-order valence-electron chi connectivity index (χ0n) is 9.76. The van der Waals surface area contributed by atoms with Crippen LogP contribution >= 0.6 is 0 Å². The molecule has 1 unspecified atom stereocenters. The van der Waals surface area contributed by atoms with E-state index in [2.05, 4.69) is 14.5 Å². The van der Waals surface area contributed by atoms with Crippen molar-refractivity contribution in [3.63, 3.8) is 0 Å². The van der Waals surface area contributed by atoms with Crippen LogP contribution < -0.4 is 5.73 Å². The van der Waals surface area contributed by atoms with Crippen molar-refractivity contribution in [2.75, 3.05) is 6.26 Å². The van der Waals surface area contributed by atoms with E-state index in [-0.39, 0.29) is 5.75 Å². The van der Waals surface area contributed by atoms with Crippen molar-refractivity contribution in [2.45, 2.75) is 11.9 Å². The van der Waals surface area contributed by atoms with E-state index in [1.54, 1.807) is 0 Å². The van der Waals surface area contributed by atoms with Crippen LogP contribution in [0.3, 0.4) is 0 Å². The monoisotopic (exact) mass is 296 g/mol. The van der Waals surface area contributed by atoms with Crippen LogP contribution in [0.4, 0.5) is 13.2 Å². The molecule has 0 bridgehead atoms. The van der Waals surface area contributed by atoms with Crippen LogP contribution in [0, 0.1) is 0 Å². The summed E-state index contributed by atoms with van der Waals surface area (Å²) in [5, 5.41) is 10.8. The maximum absolute atomic E-state index is 12.3. The van der Waals surface area contributed by atoms with Gasteiger partial charge in [-0.3, -0.25) is 4.98 Å². The average molecular weight is 296 g/mol. The predicted octanol–water partition coefficient (Wildman–Crippen LogP) is 1.40. The second kappa shape index (κ2) is 5.43. The van der Waals surface area contributed by atoms with Gasteiger partial charge in [0.05, 0.1) is 15.5 Å². The van der Waals surface area contributed by atoms with Gasteiger partial charge < -0.3 is 10.9 Å². The van der Waals surface area contributed by atoms with Gasteiger partial charge in [-0.1, -0.05) is 6.07 Å². The Bertz CT molecular complexity index is 588. The van der Waals surface area contributed by atoms with Crippen molar-refractivity contribution in [3.8, 4) is 0 Å². The van der Waals surface area contributed by atoms with E-state index in [4.69, 9.17) is 10.9 Å². The van der Waals surface area contributed by atoms with Crippen molar-refractivity contribution < 1.29 is 22.6 Å². The highest BCUT2D eigenvalue weighted by Crippen LogP contribution is 2.27. The molecule has 0 spiro atoms. The second-order valence-electron chi connectivity index (χ2n) is 3.70. The number of pyridine rings is 1. The van der Waals surface area contributed by atoms with E-state index in [1.807, 2.05) is 0 Å². The van der Waals surface area contributed by atoms with Gasteiger partial charge in [0, 0.05) is 12.5 Å². The summed E-state index contributed by atoms with van der Waals surface area (Å²) in [6.45, 7) is 0. The molecule has 1 aromatic heterocycles. The maximum atomic E-state index is 12.3. The number of nitrogens with two attached hydrogens (primary N) is 1. The second-order valence-corrected chi connectivity index (χ2v) is 6.09. The first-order valence-electron chi connectivity index (χ1n) is 4.83. The summed E-state index contributed by atoms with van der Waals surface area (Å²) in [4.78, 5) is 3.23.